The average molecular weight is 499 g/mol. The van der Waals surface area contributed by atoms with Gasteiger partial charge in [0.25, 0.3) is 10.9 Å². The molecule has 180 valence electrons. The molecule has 1 amide bonds. The van der Waals surface area contributed by atoms with Gasteiger partial charge in [-0.3, -0.25) is 14.4 Å². The Morgan fingerprint density at radius 2 is 1.67 bits per heavy atom. The molecule has 5 aromatic rings. The van der Waals surface area contributed by atoms with E-state index in [1.807, 2.05) is 60.7 Å². The van der Waals surface area contributed by atoms with Crippen LogP contribution in [0, 0.1) is 0 Å². The third kappa shape index (κ3) is 4.96. The van der Waals surface area contributed by atoms with Gasteiger partial charge in [0.1, 0.15) is 17.1 Å². The van der Waals surface area contributed by atoms with Crippen LogP contribution >= 0.6 is 11.3 Å². The molecule has 4 aromatic carbocycles. The number of rotatable bonds is 9. The zero-order chi connectivity index (χ0) is 25.1. The fraction of sp³-hybridized carbons (Fsp3) is 0.111. The van der Waals surface area contributed by atoms with Crippen molar-refractivity contribution in [1.29, 1.82) is 0 Å². The first kappa shape index (κ1) is 23.3. The van der Waals surface area contributed by atoms with E-state index in [1.165, 1.54) is 11.3 Å². The Kier molecular flexibility index (Phi) is 6.46. The zero-order valence-electron chi connectivity index (χ0n) is 19.3. The lowest BCUT2D eigenvalue weighted by Crippen LogP contribution is -2.36. The molecule has 0 atom stereocenters. The van der Waals surface area contributed by atoms with E-state index in [-0.39, 0.29) is 23.7 Å². The molecule has 9 heteroatoms. The molecule has 0 unspecified atom stereocenters. The Bertz CT molecular complexity index is 1600. The van der Waals surface area contributed by atoms with Gasteiger partial charge < -0.3 is 20.7 Å². The van der Waals surface area contributed by atoms with E-state index in [4.69, 9.17) is 4.74 Å². The van der Waals surface area contributed by atoms with E-state index in [2.05, 4.69) is 20.9 Å². The Morgan fingerprint density at radius 1 is 0.917 bits per heavy atom. The normalized spacial score (nSPS) is 10.9. The van der Waals surface area contributed by atoms with Crippen molar-refractivity contribution in [2.45, 2.75) is 13.0 Å². The number of carbonyl (C=O) groups excluding carboxylic acids is 1. The first-order valence-corrected chi connectivity index (χ1v) is 12.0. The second-order valence-corrected chi connectivity index (χ2v) is 9.18. The number of nitrogens with one attached hydrogen (secondary N) is 3. The number of ether oxygens (including phenoxy) is 1. The molecule has 0 spiro atoms. The summed E-state index contributed by atoms with van der Waals surface area (Å²) < 4.78 is 5.97. The highest BCUT2D eigenvalue weighted by Crippen LogP contribution is 2.30. The second-order valence-electron chi connectivity index (χ2n) is 8.15. The second kappa shape index (κ2) is 10.0. The molecule has 8 nitrogen and oxygen atoms in total. The van der Waals surface area contributed by atoms with Crippen LogP contribution in [0.1, 0.15) is 11.1 Å². The molecule has 0 aliphatic carbocycles. The van der Waals surface area contributed by atoms with Crippen molar-refractivity contribution in [3.8, 4) is 5.75 Å². The maximum atomic E-state index is 12.5. The summed E-state index contributed by atoms with van der Waals surface area (Å²) in [5.41, 5.74) is 2.67. The van der Waals surface area contributed by atoms with Crippen LogP contribution in [0.4, 0.5) is 22.2 Å². The van der Waals surface area contributed by atoms with E-state index >= 15 is 0 Å². The van der Waals surface area contributed by atoms with Gasteiger partial charge in [0.2, 0.25) is 5.91 Å². The van der Waals surface area contributed by atoms with Crippen LogP contribution in [0.2, 0.25) is 0 Å². The number of amides is 1. The minimum Gasteiger partial charge on any atom is -0.497 e. The van der Waals surface area contributed by atoms with Crippen LogP contribution in [-0.4, -0.2) is 18.0 Å². The third-order valence-electron chi connectivity index (χ3n) is 5.65. The van der Waals surface area contributed by atoms with E-state index in [0.717, 1.165) is 27.1 Å². The summed E-state index contributed by atoms with van der Waals surface area (Å²) in [4.78, 5) is 41.2. The van der Waals surface area contributed by atoms with Crippen LogP contribution < -0.4 is 31.5 Å². The van der Waals surface area contributed by atoms with Gasteiger partial charge >= 0.3 is 0 Å². The van der Waals surface area contributed by atoms with Crippen LogP contribution in [-0.2, 0) is 17.8 Å². The van der Waals surface area contributed by atoms with Gasteiger partial charge in [0, 0.05) is 12.2 Å². The summed E-state index contributed by atoms with van der Waals surface area (Å²) in [6.45, 7) is 0.438. The first-order valence-electron chi connectivity index (χ1n) is 11.2. The van der Waals surface area contributed by atoms with Gasteiger partial charge in [-0.25, -0.2) is 4.98 Å². The van der Waals surface area contributed by atoms with E-state index in [0.29, 0.717) is 17.4 Å². The molecule has 0 aliphatic rings. The number of nitrogens with zero attached hydrogens (tertiary/aromatic N) is 1. The molecule has 0 bridgehead atoms. The SMILES string of the molecule is COc1ccc(CC(=O)Nc2nc3ccc(Nc4c(NCc5ccccc5)c(=O)c4=O)cc3s2)cc1. The first-order chi connectivity index (χ1) is 17.5. The maximum Gasteiger partial charge on any atom is 0.253 e. The number of methoxy groups -OCH3 is 1. The van der Waals surface area contributed by atoms with Gasteiger partial charge in [-0.05, 0) is 41.5 Å². The van der Waals surface area contributed by atoms with Gasteiger partial charge in [-0.15, -0.1) is 0 Å². The number of hydrogen-bond acceptors (Lipinski definition) is 8. The van der Waals surface area contributed by atoms with Gasteiger partial charge in [0.05, 0.1) is 23.7 Å². The van der Waals surface area contributed by atoms with Crippen LogP contribution in [0.3, 0.4) is 0 Å². The number of benzene rings is 3. The number of hydrogen-bond donors (Lipinski definition) is 3. The van der Waals surface area contributed by atoms with Crippen LogP contribution in [0.5, 0.6) is 5.75 Å². The zero-order valence-corrected chi connectivity index (χ0v) is 20.1. The molecule has 1 heterocycles. The largest absolute Gasteiger partial charge is 0.497 e. The third-order valence-corrected chi connectivity index (χ3v) is 6.58. The molecule has 0 saturated carbocycles. The maximum absolute atomic E-state index is 12.5. The van der Waals surface area contributed by atoms with Crippen molar-refractivity contribution in [3.05, 3.63) is 104 Å². The summed E-state index contributed by atoms with van der Waals surface area (Å²) >= 11 is 1.33. The lowest BCUT2D eigenvalue weighted by molar-refractivity contribution is -0.115. The van der Waals surface area contributed by atoms with Gasteiger partial charge in [-0.1, -0.05) is 53.8 Å². The number of thiazole rings is 1. The monoisotopic (exact) mass is 498 g/mol. The molecular formula is C27H22N4O4S. The number of anilines is 4. The Hall–Kier alpha value is -4.50. The summed E-state index contributed by atoms with van der Waals surface area (Å²) in [7, 11) is 1.60. The van der Waals surface area contributed by atoms with Gasteiger partial charge in [-0.2, -0.15) is 0 Å². The molecule has 1 aromatic heterocycles. The average Bonchev–Trinajstić information content (AvgIpc) is 3.30. The molecule has 5 rings (SSSR count). The Labute approximate surface area is 210 Å². The highest BCUT2D eigenvalue weighted by Gasteiger charge is 2.21. The smallest absolute Gasteiger partial charge is 0.253 e. The van der Waals surface area contributed by atoms with Gasteiger partial charge in [0.15, 0.2) is 5.13 Å². The molecule has 0 radical (unpaired) electrons. The summed E-state index contributed by atoms with van der Waals surface area (Å²) in [6, 6.07) is 22.4. The molecule has 0 aliphatic heterocycles. The fourth-order valence-electron chi connectivity index (χ4n) is 3.76. The minimum absolute atomic E-state index is 0.171. The summed E-state index contributed by atoms with van der Waals surface area (Å²) in [6.07, 6.45) is 0.218. The highest BCUT2D eigenvalue weighted by atomic mass is 32.1. The quantitative estimate of drug-likeness (QED) is 0.258. The predicted octanol–water partition coefficient (Wildman–Crippen LogP) is 4.44. The predicted molar refractivity (Wildman–Crippen MR) is 143 cm³/mol. The van der Waals surface area contributed by atoms with E-state index in [1.54, 1.807) is 19.2 Å². The lowest BCUT2D eigenvalue weighted by atomic mass is 10.1. The standard InChI is InChI=1S/C27H22N4O4S/c1-35-19-10-7-16(8-11-19)13-22(32)31-27-30-20-12-9-18(14-21(20)36-27)29-24-23(25(33)26(24)34)28-15-17-5-3-2-4-6-17/h2-12,14,28-29H,13,15H2,1H3,(H,30,31,32). The number of fused-ring (bicyclic) bond motifs is 1. The van der Waals surface area contributed by atoms with Crippen molar-refractivity contribution < 1.29 is 9.53 Å². The Morgan fingerprint density at radius 3 is 2.42 bits per heavy atom. The minimum atomic E-state index is -0.554. The fourth-order valence-corrected chi connectivity index (χ4v) is 4.68. The van der Waals surface area contributed by atoms with Crippen LogP contribution in [0.25, 0.3) is 10.2 Å². The lowest BCUT2D eigenvalue weighted by Gasteiger charge is -2.15. The van der Waals surface area contributed by atoms with Crippen molar-refractivity contribution in [3.63, 3.8) is 0 Å². The van der Waals surface area contributed by atoms with Crippen molar-refractivity contribution >= 4 is 49.7 Å². The highest BCUT2D eigenvalue weighted by molar-refractivity contribution is 7.22. The molecule has 3 N–H and O–H groups in total. The molecule has 36 heavy (non-hydrogen) atoms. The van der Waals surface area contributed by atoms with E-state index < -0.39 is 10.9 Å². The topological polar surface area (TPSA) is 109 Å². The van der Waals surface area contributed by atoms with E-state index in [9.17, 15) is 14.4 Å². The summed E-state index contributed by atoms with van der Waals surface area (Å²) in [5, 5.41) is 9.44. The van der Waals surface area contributed by atoms with Crippen molar-refractivity contribution in [2.75, 3.05) is 23.1 Å². The number of carbonyl (C=O) groups is 1. The molecule has 0 saturated heterocycles. The molecular weight excluding hydrogens is 476 g/mol. The summed E-state index contributed by atoms with van der Waals surface area (Å²) in [5.74, 6) is 0.563. The number of aromatic nitrogens is 1. The molecule has 0 fully saturated rings. The van der Waals surface area contributed by atoms with Crippen molar-refractivity contribution in [2.24, 2.45) is 0 Å². The Balaban J connectivity index is 1.26. The van der Waals surface area contributed by atoms with Crippen LogP contribution in [0.15, 0.2) is 82.4 Å². The van der Waals surface area contributed by atoms with Crippen molar-refractivity contribution in [1.82, 2.24) is 4.98 Å².